The molecular formula is C26H32N2O5S. The average molecular weight is 485 g/mol. The van der Waals surface area contributed by atoms with Crippen LogP contribution in [-0.4, -0.2) is 58.6 Å². The van der Waals surface area contributed by atoms with Gasteiger partial charge < -0.3 is 24.3 Å². The maximum absolute atomic E-state index is 11.6. The van der Waals surface area contributed by atoms with Crippen molar-refractivity contribution in [3.8, 4) is 5.75 Å². The van der Waals surface area contributed by atoms with Crippen LogP contribution >= 0.6 is 11.8 Å². The van der Waals surface area contributed by atoms with E-state index in [0.29, 0.717) is 6.42 Å². The third kappa shape index (κ3) is 6.31. The van der Waals surface area contributed by atoms with Crippen LogP contribution in [0.25, 0.3) is 10.9 Å². The number of aliphatic hydroxyl groups is 1. The lowest BCUT2D eigenvalue weighted by Gasteiger charge is -2.38. The van der Waals surface area contributed by atoms with Crippen molar-refractivity contribution < 1.29 is 24.2 Å². The van der Waals surface area contributed by atoms with Crippen molar-refractivity contribution in [1.29, 1.82) is 0 Å². The Morgan fingerprint density at radius 2 is 2.21 bits per heavy atom. The second-order valence-electron chi connectivity index (χ2n) is 8.86. The molecule has 1 aromatic carbocycles. The number of aliphatic carboxylic acids is 1. The van der Waals surface area contributed by atoms with Crippen molar-refractivity contribution in [3.63, 3.8) is 0 Å². The monoisotopic (exact) mass is 484 g/mol. The van der Waals surface area contributed by atoms with E-state index in [4.69, 9.17) is 9.15 Å². The van der Waals surface area contributed by atoms with Crippen LogP contribution in [0, 0.1) is 11.8 Å². The summed E-state index contributed by atoms with van der Waals surface area (Å²) in [6.45, 7) is 2.63. The Balaban J connectivity index is 1.35. The Morgan fingerprint density at radius 3 is 2.97 bits per heavy atom. The molecule has 0 spiro atoms. The molecule has 2 N–H and O–H groups in total. The summed E-state index contributed by atoms with van der Waals surface area (Å²) in [7, 11) is 1.62. The number of carboxylic acid groups (broad SMARTS) is 1. The summed E-state index contributed by atoms with van der Waals surface area (Å²) in [4.78, 5) is 18.3. The topological polar surface area (TPSA) is 96.0 Å². The lowest BCUT2D eigenvalue weighted by atomic mass is 9.79. The van der Waals surface area contributed by atoms with Crippen molar-refractivity contribution >= 4 is 28.6 Å². The van der Waals surface area contributed by atoms with E-state index in [1.54, 1.807) is 31.3 Å². The van der Waals surface area contributed by atoms with Crippen LogP contribution < -0.4 is 4.74 Å². The van der Waals surface area contributed by atoms with Crippen LogP contribution in [0.4, 0.5) is 0 Å². The molecule has 0 aliphatic carbocycles. The Hall–Kier alpha value is -2.55. The molecule has 1 saturated heterocycles. The van der Waals surface area contributed by atoms with Gasteiger partial charge in [-0.1, -0.05) is 11.8 Å². The fraction of sp³-hybridized carbons (Fsp3) is 0.462. The quantitative estimate of drug-likeness (QED) is 0.373. The minimum atomic E-state index is -0.755. The van der Waals surface area contributed by atoms with Gasteiger partial charge in [-0.2, -0.15) is 0 Å². The number of hydrogen-bond acceptors (Lipinski definition) is 7. The first-order valence-corrected chi connectivity index (χ1v) is 12.7. The molecule has 34 heavy (non-hydrogen) atoms. The maximum atomic E-state index is 11.6. The number of furan rings is 1. The fourth-order valence-corrected chi connectivity index (χ4v) is 5.76. The molecular weight excluding hydrogens is 452 g/mol. The summed E-state index contributed by atoms with van der Waals surface area (Å²) in [6, 6.07) is 11.4. The van der Waals surface area contributed by atoms with E-state index in [2.05, 4.69) is 9.88 Å². The number of piperidine rings is 1. The molecule has 0 saturated carbocycles. The van der Waals surface area contributed by atoms with Gasteiger partial charge in [0, 0.05) is 36.8 Å². The maximum Gasteiger partial charge on any atom is 0.303 e. The molecule has 4 rings (SSSR count). The fourth-order valence-electron chi connectivity index (χ4n) is 4.91. The minimum Gasteiger partial charge on any atom is -0.497 e. The van der Waals surface area contributed by atoms with Gasteiger partial charge in [-0.25, -0.2) is 0 Å². The largest absolute Gasteiger partial charge is 0.497 e. The molecule has 0 amide bonds. The molecule has 7 nitrogen and oxygen atoms in total. The lowest BCUT2D eigenvalue weighted by molar-refractivity contribution is -0.139. The number of ether oxygens (including phenoxy) is 1. The van der Waals surface area contributed by atoms with Gasteiger partial charge in [0.25, 0.3) is 0 Å². The Labute approximate surface area is 204 Å². The number of methoxy groups -OCH3 is 1. The standard InChI is InChI=1S/C26H32N2O5S/c1-32-20-5-6-23-22(16-20)21(8-10-27-23)24(29)7-4-18-9-11-28(17-19(18)15-25(30)31)12-14-34-26-3-2-13-33-26/h2-3,5-6,8,10,13,16,18-19,24,29H,4,7,9,11-12,14-15,17H2,1H3,(H,30,31)/t18-,19+,24?/m1/s1. The first-order valence-electron chi connectivity index (χ1n) is 11.7. The molecule has 0 bridgehead atoms. The molecule has 3 heterocycles. The average Bonchev–Trinajstić information content (AvgIpc) is 3.36. The van der Waals surface area contributed by atoms with E-state index in [9.17, 15) is 15.0 Å². The first-order chi connectivity index (χ1) is 16.5. The second-order valence-corrected chi connectivity index (χ2v) is 9.96. The summed E-state index contributed by atoms with van der Waals surface area (Å²) < 4.78 is 10.7. The van der Waals surface area contributed by atoms with E-state index < -0.39 is 12.1 Å². The number of benzene rings is 1. The second kappa shape index (κ2) is 11.7. The zero-order valence-electron chi connectivity index (χ0n) is 19.4. The van der Waals surface area contributed by atoms with Gasteiger partial charge in [0.2, 0.25) is 0 Å². The smallest absolute Gasteiger partial charge is 0.303 e. The predicted octanol–water partition coefficient (Wildman–Crippen LogP) is 4.86. The highest BCUT2D eigenvalue weighted by Crippen LogP contribution is 2.35. The van der Waals surface area contributed by atoms with Crippen LogP contribution in [0.15, 0.2) is 58.4 Å². The van der Waals surface area contributed by atoms with Crippen LogP contribution in [0.2, 0.25) is 0 Å². The van der Waals surface area contributed by atoms with Gasteiger partial charge in [0.15, 0.2) is 5.09 Å². The SMILES string of the molecule is COc1ccc2nccc(C(O)CC[C@@H]3CCN(CCSc4ccco4)C[C@@H]3CC(=O)O)c2c1. The number of rotatable bonds is 11. The summed E-state index contributed by atoms with van der Waals surface area (Å²) in [5, 5.41) is 22.3. The highest BCUT2D eigenvalue weighted by molar-refractivity contribution is 7.99. The van der Waals surface area contributed by atoms with Crippen molar-refractivity contribution in [1.82, 2.24) is 9.88 Å². The number of fused-ring (bicyclic) bond motifs is 1. The lowest BCUT2D eigenvalue weighted by Crippen LogP contribution is -2.42. The molecule has 2 aromatic heterocycles. The molecule has 3 aromatic rings. The third-order valence-electron chi connectivity index (χ3n) is 6.71. The summed E-state index contributed by atoms with van der Waals surface area (Å²) in [6.07, 6.45) is 5.26. The minimum absolute atomic E-state index is 0.0846. The summed E-state index contributed by atoms with van der Waals surface area (Å²) >= 11 is 1.68. The highest BCUT2D eigenvalue weighted by Gasteiger charge is 2.31. The number of likely N-dealkylation sites (tertiary alicyclic amines) is 1. The van der Waals surface area contributed by atoms with Crippen LogP contribution in [-0.2, 0) is 4.79 Å². The predicted molar refractivity (Wildman–Crippen MR) is 132 cm³/mol. The highest BCUT2D eigenvalue weighted by atomic mass is 32.2. The zero-order valence-corrected chi connectivity index (χ0v) is 20.2. The van der Waals surface area contributed by atoms with Crippen LogP contribution in [0.5, 0.6) is 5.75 Å². The van der Waals surface area contributed by atoms with Gasteiger partial charge in [-0.15, -0.1) is 0 Å². The number of nitrogens with zero attached hydrogens (tertiary/aromatic N) is 2. The first kappa shape index (κ1) is 24.6. The zero-order chi connectivity index (χ0) is 23.9. The Morgan fingerprint density at radius 1 is 1.32 bits per heavy atom. The number of aliphatic hydroxyl groups excluding tert-OH is 1. The van der Waals surface area contributed by atoms with Gasteiger partial charge >= 0.3 is 5.97 Å². The van der Waals surface area contributed by atoms with E-state index >= 15 is 0 Å². The van der Waals surface area contributed by atoms with Crippen molar-refractivity contribution in [2.45, 2.75) is 36.9 Å². The number of carboxylic acids is 1. The number of thioether (sulfide) groups is 1. The van der Waals surface area contributed by atoms with Crippen molar-refractivity contribution in [2.75, 3.05) is 32.5 Å². The number of pyridine rings is 1. The number of carbonyl (C=O) groups is 1. The number of aromatic nitrogens is 1. The number of hydrogen-bond donors (Lipinski definition) is 2. The van der Waals surface area contributed by atoms with Gasteiger partial charge in [-0.05, 0) is 79.6 Å². The molecule has 1 aliphatic heterocycles. The van der Waals surface area contributed by atoms with E-state index in [1.807, 2.05) is 36.4 Å². The van der Waals surface area contributed by atoms with E-state index in [0.717, 1.165) is 65.5 Å². The van der Waals surface area contributed by atoms with Crippen molar-refractivity contribution in [3.05, 3.63) is 54.4 Å². The summed E-state index contributed by atoms with van der Waals surface area (Å²) in [5.41, 5.74) is 1.66. The molecule has 1 unspecified atom stereocenters. The molecule has 0 radical (unpaired) electrons. The Kier molecular flexibility index (Phi) is 8.48. The third-order valence-corrected chi connectivity index (χ3v) is 7.62. The molecule has 1 aliphatic rings. The normalized spacial score (nSPS) is 19.8. The van der Waals surface area contributed by atoms with Gasteiger partial charge in [-0.3, -0.25) is 9.78 Å². The van der Waals surface area contributed by atoms with Gasteiger partial charge in [0.1, 0.15) is 5.75 Å². The molecule has 1 fully saturated rings. The molecule has 182 valence electrons. The molecule has 8 heteroatoms. The van der Waals surface area contributed by atoms with E-state index in [-0.39, 0.29) is 18.3 Å². The molecule has 3 atom stereocenters. The van der Waals surface area contributed by atoms with Crippen LogP contribution in [0.3, 0.4) is 0 Å². The van der Waals surface area contributed by atoms with Gasteiger partial charge in [0.05, 0.1) is 25.0 Å². The van der Waals surface area contributed by atoms with Crippen molar-refractivity contribution in [2.24, 2.45) is 11.8 Å². The summed E-state index contributed by atoms with van der Waals surface area (Å²) in [5.74, 6) is 1.25. The van der Waals surface area contributed by atoms with E-state index in [1.165, 1.54) is 0 Å². The van der Waals surface area contributed by atoms with Crippen LogP contribution in [0.1, 0.15) is 37.4 Å². The Bertz CT molecular complexity index is 1070.